The van der Waals surface area contributed by atoms with Crippen molar-refractivity contribution in [3.63, 3.8) is 0 Å². The zero-order chi connectivity index (χ0) is 24.8. The molecule has 2 aromatic carbocycles. The summed E-state index contributed by atoms with van der Waals surface area (Å²) in [6.45, 7) is 1.25. The van der Waals surface area contributed by atoms with Gasteiger partial charge < -0.3 is 14.8 Å². The molecule has 1 aliphatic rings. The van der Waals surface area contributed by atoms with Gasteiger partial charge in [0.05, 0.1) is 24.6 Å². The number of H-pyrrole nitrogens is 1. The highest BCUT2D eigenvalue weighted by Crippen LogP contribution is 2.34. The lowest BCUT2D eigenvalue weighted by Crippen LogP contribution is -2.34. The van der Waals surface area contributed by atoms with Crippen LogP contribution in [-0.4, -0.2) is 51.3 Å². The van der Waals surface area contributed by atoms with Gasteiger partial charge in [0, 0.05) is 17.4 Å². The maximum atomic E-state index is 12.8. The summed E-state index contributed by atoms with van der Waals surface area (Å²) >= 11 is 1.20. The lowest BCUT2D eigenvalue weighted by Gasteiger charge is -2.28. The SMILES string of the molecule is CCC1SC(=O)N(Cc2ccc(NC(=O)c3cc[nH]n3)cc2)N=C1c1ccc(OC)c(OCF)c1. The Morgan fingerprint density at radius 2 is 2.00 bits per heavy atom. The molecule has 2 N–H and O–H groups in total. The fourth-order valence-corrected chi connectivity index (χ4v) is 4.48. The quantitative estimate of drug-likeness (QED) is 0.438. The number of carbonyl (C=O) groups is 2. The van der Waals surface area contributed by atoms with Gasteiger partial charge in [0.25, 0.3) is 5.91 Å². The molecule has 2 amide bonds. The highest BCUT2D eigenvalue weighted by Gasteiger charge is 2.30. The highest BCUT2D eigenvalue weighted by atomic mass is 32.2. The number of nitrogens with zero attached hydrogens (tertiary/aromatic N) is 3. The molecular formula is C24H24FN5O4S. The van der Waals surface area contributed by atoms with Crippen LogP contribution in [0.4, 0.5) is 14.9 Å². The third kappa shape index (κ3) is 5.62. The molecule has 1 atom stereocenters. The van der Waals surface area contributed by atoms with Gasteiger partial charge in [-0.15, -0.1) is 0 Å². The van der Waals surface area contributed by atoms with E-state index in [9.17, 15) is 14.0 Å². The zero-order valence-electron chi connectivity index (χ0n) is 19.2. The standard InChI is InChI=1S/C24H24FN5O4S/c1-3-21-22(16-6-9-19(33-2)20(12-16)34-14-25)29-30(24(32)35-21)13-15-4-7-17(8-5-15)27-23(31)18-10-11-26-28-18/h4-12,21H,3,13-14H2,1-2H3,(H,26,28)(H,27,31). The van der Waals surface area contributed by atoms with Crippen LogP contribution in [0.5, 0.6) is 11.5 Å². The van der Waals surface area contributed by atoms with Gasteiger partial charge in [0.15, 0.2) is 11.5 Å². The van der Waals surface area contributed by atoms with Crippen LogP contribution in [0.2, 0.25) is 0 Å². The number of aromatic amines is 1. The number of aromatic nitrogens is 2. The first-order valence-corrected chi connectivity index (χ1v) is 11.7. The molecule has 0 saturated heterocycles. The number of benzene rings is 2. The van der Waals surface area contributed by atoms with E-state index in [0.29, 0.717) is 23.6 Å². The maximum absolute atomic E-state index is 12.8. The number of alkyl halides is 1. The van der Waals surface area contributed by atoms with Crippen molar-refractivity contribution in [1.82, 2.24) is 15.2 Å². The van der Waals surface area contributed by atoms with Gasteiger partial charge in [-0.05, 0) is 48.4 Å². The van der Waals surface area contributed by atoms with Crippen LogP contribution in [0.15, 0.2) is 59.8 Å². The smallest absolute Gasteiger partial charge is 0.302 e. The topological polar surface area (TPSA) is 109 Å². The van der Waals surface area contributed by atoms with Gasteiger partial charge in [-0.3, -0.25) is 14.7 Å². The highest BCUT2D eigenvalue weighted by molar-refractivity contribution is 8.14. The Balaban J connectivity index is 1.53. The molecule has 1 aliphatic heterocycles. The fraction of sp³-hybridized carbons (Fsp3) is 0.250. The lowest BCUT2D eigenvalue weighted by molar-refractivity contribution is 0.102. The van der Waals surface area contributed by atoms with Crippen molar-refractivity contribution < 1.29 is 23.5 Å². The van der Waals surface area contributed by atoms with Crippen LogP contribution in [-0.2, 0) is 6.54 Å². The summed E-state index contributed by atoms with van der Waals surface area (Å²) in [5.74, 6) is 0.360. The Hall–Kier alpha value is -3.86. The van der Waals surface area contributed by atoms with Crippen LogP contribution < -0.4 is 14.8 Å². The maximum Gasteiger partial charge on any atom is 0.302 e. The summed E-state index contributed by atoms with van der Waals surface area (Å²) in [6.07, 6.45) is 2.27. The van der Waals surface area contributed by atoms with Crippen molar-refractivity contribution in [1.29, 1.82) is 0 Å². The molecule has 11 heteroatoms. The molecule has 4 rings (SSSR count). The van der Waals surface area contributed by atoms with Crippen molar-refractivity contribution in [2.24, 2.45) is 5.10 Å². The first-order chi connectivity index (χ1) is 17.0. The second-order valence-corrected chi connectivity index (χ2v) is 8.71. The monoisotopic (exact) mass is 497 g/mol. The Morgan fingerprint density at radius 1 is 1.20 bits per heavy atom. The van der Waals surface area contributed by atoms with Gasteiger partial charge in [-0.25, -0.2) is 9.40 Å². The van der Waals surface area contributed by atoms with E-state index < -0.39 is 6.86 Å². The minimum absolute atomic E-state index is 0.148. The zero-order valence-corrected chi connectivity index (χ0v) is 20.0. The predicted octanol–water partition coefficient (Wildman–Crippen LogP) is 4.83. The minimum Gasteiger partial charge on any atom is -0.493 e. The third-order valence-electron chi connectivity index (χ3n) is 5.31. The molecule has 0 saturated carbocycles. The van der Waals surface area contributed by atoms with E-state index in [0.717, 1.165) is 11.1 Å². The number of thioether (sulfide) groups is 1. The van der Waals surface area contributed by atoms with Gasteiger partial charge >= 0.3 is 5.24 Å². The number of methoxy groups -OCH3 is 1. The number of hydrazone groups is 1. The lowest BCUT2D eigenvalue weighted by atomic mass is 10.0. The van der Waals surface area contributed by atoms with Crippen molar-refractivity contribution in [3.05, 3.63) is 71.5 Å². The molecule has 182 valence electrons. The molecule has 3 aromatic rings. The van der Waals surface area contributed by atoms with Crippen molar-refractivity contribution in [2.45, 2.75) is 25.1 Å². The van der Waals surface area contributed by atoms with E-state index in [1.807, 2.05) is 25.1 Å². The number of rotatable bonds is 9. The number of halogens is 1. The van der Waals surface area contributed by atoms with E-state index in [1.54, 1.807) is 36.5 Å². The van der Waals surface area contributed by atoms with Gasteiger partial charge in [-0.2, -0.15) is 10.2 Å². The van der Waals surface area contributed by atoms with Crippen molar-refractivity contribution in [2.75, 3.05) is 19.3 Å². The van der Waals surface area contributed by atoms with E-state index in [2.05, 4.69) is 20.6 Å². The predicted molar refractivity (Wildman–Crippen MR) is 132 cm³/mol. The van der Waals surface area contributed by atoms with Crippen LogP contribution in [0.3, 0.4) is 0 Å². The number of ether oxygens (including phenoxy) is 2. The number of hydrogen-bond donors (Lipinski definition) is 2. The molecule has 35 heavy (non-hydrogen) atoms. The Morgan fingerprint density at radius 3 is 2.66 bits per heavy atom. The summed E-state index contributed by atoms with van der Waals surface area (Å²) in [5.41, 5.74) is 3.16. The van der Waals surface area contributed by atoms with Gasteiger partial charge in [0.2, 0.25) is 6.86 Å². The Bertz CT molecular complexity index is 1220. The Labute approximate surface area is 205 Å². The second-order valence-electron chi connectivity index (χ2n) is 7.55. The molecule has 0 spiro atoms. The van der Waals surface area contributed by atoms with Crippen LogP contribution in [0.1, 0.15) is 35.0 Å². The first-order valence-electron chi connectivity index (χ1n) is 10.9. The summed E-state index contributed by atoms with van der Waals surface area (Å²) in [4.78, 5) is 24.9. The average Bonchev–Trinajstić information content (AvgIpc) is 3.42. The van der Waals surface area contributed by atoms with Crippen LogP contribution in [0.25, 0.3) is 0 Å². The molecule has 0 radical (unpaired) electrons. The summed E-state index contributed by atoms with van der Waals surface area (Å²) in [5, 5.41) is 15.0. The third-order valence-corrected chi connectivity index (χ3v) is 6.56. The molecule has 0 fully saturated rings. The number of amides is 2. The first kappa shape index (κ1) is 24.3. The van der Waals surface area contributed by atoms with Crippen molar-refractivity contribution >= 4 is 34.3 Å². The van der Waals surface area contributed by atoms with Crippen molar-refractivity contribution in [3.8, 4) is 11.5 Å². The second kappa shape index (κ2) is 11.0. The molecule has 1 aromatic heterocycles. The van der Waals surface area contributed by atoms with Gasteiger partial charge in [0.1, 0.15) is 5.69 Å². The largest absolute Gasteiger partial charge is 0.493 e. The number of carbonyl (C=O) groups excluding carboxylic acids is 2. The van der Waals surface area contributed by atoms with Crippen LogP contribution in [0, 0.1) is 0 Å². The van der Waals surface area contributed by atoms with Gasteiger partial charge in [-0.1, -0.05) is 30.8 Å². The van der Waals surface area contributed by atoms with E-state index in [-0.39, 0.29) is 34.4 Å². The van der Waals surface area contributed by atoms with E-state index in [4.69, 9.17) is 9.47 Å². The number of anilines is 1. The number of hydrogen-bond acceptors (Lipinski definition) is 7. The molecule has 2 heterocycles. The Kier molecular flexibility index (Phi) is 7.66. The van der Waals surface area contributed by atoms with E-state index in [1.165, 1.54) is 23.9 Å². The molecule has 0 aliphatic carbocycles. The average molecular weight is 498 g/mol. The van der Waals surface area contributed by atoms with Crippen LogP contribution >= 0.6 is 11.8 Å². The fourth-order valence-electron chi connectivity index (χ4n) is 3.55. The molecule has 1 unspecified atom stereocenters. The normalized spacial score (nSPS) is 15.5. The number of nitrogens with one attached hydrogen (secondary N) is 2. The minimum atomic E-state index is -0.985. The summed E-state index contributed by atoms with van der Waals surface area (Å²) in [6, 6.07) is 13.9. The summed E-state index contributed by atoms with van der Waals surface area (Å²) < 4.78 is 23.1. The molecular weight excluding hydrogens is 473 g/mol. The van der Waals surface area contributed by atoms with E-state index >= 15 is 0 Å². The molecule has 0 bridgehead atoms. The molecule has 9 nitrogen and oxygen atoms in total. The summed E-state index contributed by atoms with van der Waals surface area (Å²) in [7, 11) is 1.48.